The van der Waals surface area contributed by atoms with Crippen LogP contribution in [0.1, 0.15) is 10.4 Å². The molecule has 0 saturated heterocycles. The lowest BCUT2D eigenvalue weighted by Gasteiger charge is -1.98. The summed E-state index contributed by atoms with van der Waals surface area (Å²) in [6.45, 7) is 0. The molecule has 0 radical (unpaired) electrons. The van der Waals surface area contributed by atoms with Crippen LogP contribution in [0.5, 0.6) is 5.75 Å². The Bertz CT molecular complexity index is 510. The van der Waals surface area contributed by atoms with E-state index in [1.54, 1.807) is 0 Å². The lowest BCUT2D eigenvalue weighted by atomic mass is 10.2. The van der Waals surface area contributed by atoms with Crippen LogP contribution in [0.2, 0.25) is 0 Å². The van der Waals surface area contributed by atoms with Crippen LogP contribution in [0, 0.1) is 0 Å². The van der Waals surface area contributed by atoms with Gasteiger partial charge in [-0.3, -0.25) is 9.97 Å². The normalized spacial score (nSPS) is 10.3. The lowest BCUT2D eigenvalue weighted by Crippen LogP contribution is -1.97. The highest BCUT2D eigenvalue weighted by atomic mass is 16.4. The van der Waals surface area contributed by atoms with Crippen molar-refractivity contribution in [3.8, 4) is 5.75 Å². The average molecular weight is 190 g/mol. The van der Waals surface area contributed by atoms with Crippen LogP contribution in [0.3, 0.4) is 0 Å². The van der Waals surface area contributed by atoms with Crippen molar-refractivity contribution < 1.29 is 15.0 Å². The summed E-state index contributed by atoms with van der Waals surface area (Å²) in [5.41, 5.74) is 0.994. The Balaban J connectivity index is 2.67. The van der Waals surface area contributed by atoms with E-state index in [4.69, 9.17) is 10.2 Å². The quantitative estimate of drug-likeness (QED) is 0.701. The number of carbonyl (C=O) groups is 1. The molecule has 0 saturated carbocycles. The summed E-state index contributed by atoms with van der Waals surface area (Å²) >= 11 is 0. The van der Waals surface area contributed by atoms with Crippen molar-refractivity contribution in [2.75, 3.05) is 0 Å². The molecule has 70 valence electrons. The minimum atomic E-state index is -1.05. The molecular formula is C9H6N2O3. The molecule has 14 heavy (non-hydrogen) atoms. The van der Waals surface area contributed by atoms with Crippen molar-refractivity contribution in [2.45, 2.75) is 0 Å². The van der Waals surface area contributed by atoms with E-state index < -0.39 is 5.97 Å². The minimum Gasteiger partial charge on any atom is -0.506 e. The zero-order valence-electron chi connectivity index (χ0n) is 7.01. The first-order valence-corrected chi connectivity index (χ1v) is 3.85. The number of aromatic nitrogens is 2. The van der Waals surface area contributed by atoms with Gasteiger partial charge in [-0.15, -0.1) is 0 Å². The number of hydrogen-bond acceptors (Lipinski definition) is 4. The maximum atomic E-state index is 10.6. The van der Waals surface area contributed by atoms with Crippen molar-refractivity contribution in [1.82, 2.24) is 9.97 Å². The average Bonchev–Trinajstić information content (AvgIpc) is 2.16. The second kappa shape index (κ2) is 2.95. The highest BCUT2D eigenvalue weighted by Gasteiger charge is 2.05. The van der Waals surface area contributed by atoms with E-state index in [0.29, 0.717) is 11.0 Å². The summed E-state index contributed by atoms with van der Waals surface area (Å²) in [5, 5.41) is 17.8. The van der Waals surface area contributed by atoms with Gasteiger partial charge in [-0.2, -0.15) is 0 Å². The van der Waals surface area contributed by atoms with Gasteiger partial charge < -0.3 is 10.2 Å². The molecule has 2 N–H and O–H groups in total. The molecule has 0 aliphatic heterocycles. The number of fused-ring (bicyclic) bond motifs is 1. The van der Waals surface area contributed by atoms with Gasteiger partial charge in [0.2, 0.25) is 0 Å². The van der Waals surface area contributed by atoms with Gasteiger partial charge in [0.05, 0.1) is 22.8 Å². The van der Waals surface area contributed by atoms with E-state index in [0.717, 1.165) is 0 Å². The number of nitrogens with zero attached hydrogens (tertiary/aromatic N) is 2. The van der Waals surface area contributed by atoms with Gasteiger partial charge in [-0.05, 0) is 6.07 Å². The first-order valence-electron chi connectivity index (χ1n) is 3.85. The molecule has 2 aromatic rings. The van der Waals surface area contributed by atoms with E-state index in [1.807, 2.05) is 0 Å². The predicted molar refractivity (Wildman–Crippen MR) is 48.2 cm³/mol. The third-order valence-corrected chi connectivity index (χ3v) is 1.76. The lowest BCUT2D eigenvalue weighted by molar-refractivity contribution is 0.0696. The molecular weight excluding hydrogens is 184 g/mol. The monoisotopic (exact) mass is 190 g/mol. The maximum absolute atomic E-state index is 10.6. The van der Waals surface area contributed by atoms with Crippen LogP contribution in [0.15, 0.2) is 24.5 Å². The molecule has 0 bridgehead atoms. The molecule has 0 atom stereocenters. The van der Waals surface area contributed by atoms with Crippen LogP contribution >= 0.6 is 0 Å². The molecule has 0 spiro atoms. The second-order valence-electron chi connectivity index (χ2n) is 2.76. The van der Waals surface area contributed by atoms with Crippen LogP contribution in [-0.4, -0.2) is 26.2 Å². The van der Waals surface area contributed by atoms with Gasteiger partial charge in [-0.1, -0.05) is 0 Å². The molecule has 2 aromatic heterocycles. The molecule has 0 amide bonds. The van der Waals surface area contributed by atoms with Crippen molar-refractivity contribution >= 4 is 17.0 Å². The fourth-order valence-electron chi connectivity index (χ4n) is 1.11. The molecule has 0 unspecified atom stereocenters. The second-order valence-corrected chi connectivity index (χ2v) is 2.76. The Morgan fingerprint density at radius 1 is 1.14 bits per heavy atom. The van der Waals surface area contributed by atoms with E-state index in [9.17, 15) is 4.79 Å². The van der Waals surface area contributed by atoms with Gasteiger partial charge in [0.15, 0.2) is 0 Å². The molecule has 5 heteroatoms. The summed E-state index contributed by atoms with van der Waals surface area (Å²) in [6.07, 6.45) is 2.47. The molecule has 0 aliphatic rings. The standard InChI is InChI=1S/C9H6N2O3/c12-6-2-8-7(11-4-6)1-5(3-10-8)9(13)14/h1-4,12H,(H,13,14). The highest BCUT2D eigenvalue weighted by Crippen LogP contribution is 2.15. The van der Waals surface area contributed by atoms with Crippen LogP contribution in [-0.2, 0) is 0 Å². The first kappa shape index (κ1) is 8.43. The molecule has 5 nitrogen and oxygen atoms in total. The fraction of sp³-hybridized carbons (Fsp3) is 0. The fourth-order valence-corrected chi connectivity index (χ4v) is 1.11. The Kier molecular flexibility index (Phi) is 1.78. The largest absolute Gasteiger partial charge is 0.506 e. The SMILES string of the molecule is O=C(O)c1cnc2cc(O)cnc2c1. The number of carboxylic acids is 1. The number of pyridine rings is 2. The number of carboxylic acid groups (broad SMARTS) is 1. The van der Waals surface area contributed by atoms with Gasteiger partial charge in [0, 0.05) is 12.3 Å². The summed E-state index contributed by atoms with van der Waals surface area (Å²) < 4.78 is 0. The van der Waals surface area contributed by atoms with Gasteiger partial charge in [-0.25, -0.2) is 4.79 Å². The van der Waals surface area contributed by atoms with Gasteiger partial charge in [0.25, 0.3) is 0 Å². The smallest absolute Gasteiger partial charge is 0.337 e. The number of aromatic carboxylic acids is 1. The van der Waals surface area contributed by atoms with Gasteiger partial charge >= 0.3 is 5.97 Å². The number of hydrogen-bond donors (Lipinski definition) is 2. The predicted octanol–water partition coefficient (Wildman–Crippen LogP) is 1.03. The van der Waals surface area contributed by atoms with Crippen molar-refractivity contribution in [2.24, 2.45) is 0 Å². The summed E-state index contributed by atoms with van der Waals surface area (Å²) in [4.78, 5) is 18.3. The summed E-state index contributed by atoms with van der Waals surface area (Å²) in [7, 11) is 0. The first-order chi connectivity index (χ1) is 6.66. The minimum absolute atomic E-state index is 0.00748. The molecule has 0 fully saturated rings. The molecule has 0 aromatic carbocycles. The van der Waals surface area contributed by atoms with Crippen LogP contribution < -0.4 is 0 Å². The Morgan fingerprint density at radius 2 is 1.79 bits per heavy atom. The maximum Gasteiger partial charge on any atom is 0.337 e. The Hall–Kier alpha value is -2.17. The molecule has 2 rings (SSSR count). The Morgan fingerprint density at radius 3 is 2.50 bits per heavy atom. The highest BCUT2D eigenvalue weighted by molar-refractivity contribution is 5.91. The third kappa shape index (κ3) is 1.35. The van der Waals surface area contributed by atoms with Crippen LogP contribution in [0.25, 0.3) is 11.0 Å². The van der Waals surface area contributed by atoms with Crippen LogP contribution in [0.4, 0.5) is 0 Å². The third-order valence-electron chi connectivity index (χ3n) is 1.76. The number of aromatic hydroxyl groups is 1. The van der Waals surface area contributed by atoms with E-state index in [1.165, 1.54) is 24.5 Å². The van der Waals surface area contributed by atoms with Gasteiger partial charge in [0.1, 0.15) is 5.75 Å². The summed E-state index contributed by atoms with van der Waals surface area (Å²) in [6, 6.07) is 2.83. The van der Waals surface area contributed by atoms with E-state index >= 15 is 0 Å². The summed E-state index contributed by atoms with van der Waals surface area (Å²) in [5.74, 6) is -1.04. The Labute approximate surface area is 78.7 Å². The van der Waals surface area contributed by atoms with E-state index in [2.05, 4.69) is 9.97 Å². The topological polar surface area (TPSA) is 83.3 Å². The zero-order chi connectivity index (χ0) is 10.1. The number of rotatable bonds is 1. The van der Waals surface area contributed by atoms with Crippen molar-refractivity contribution in [3.05, 3.63) is 30.1 Å². The van der Waals surface area contributed by atoms with Crippen molar-refractivity contribution in [1.29, 1.82) is 0 Å². The molecule has 0 aliphatic carbocycles. The van der Waals surface area contributed by atoms with Crippen molar-refractivity contribution in [3.63, 3.8) is 0 Å². The molecule has 2 heterocycles. The zero-order valence-corrected chi connectivity index (χ0v) is 7.01. The van der Waals surface area contributed by atoms with E-state index in [-0.39, 0.29) is 11.3 Å².